The van der Waals surface area contributed by atoms with Gasteiger partial charge in [0.2, 0.25) is 12.7 Å². The Kier molecular flexibility index (Phi) is 5.53. The third kappa shape index (κ3) is 4.36. The summed E-state index contributed by atoms with van der Waals surface area (Å²) in [5.41, 5.74) is 2.15. The van der Waals surface area contributed by atoms with Gasteiger partial charge in [-0.2, -0.15) is 0 Å². The number of carbonyl (C=O) groups excluding carboxylic acids is 1. The Morgan fingerprint density at radius 3 is 2.75 bits per heavy atom. The topological polar surface area (TPSA) is 47.6 Å². The van der Waals surface area contributed by atoms with E-state index in [1.165, 1.54) is 0 Å². The molecular formula is C18H18ClNO3S. The molecule has 24 heavy (non-hydrogen) atoms. The van der Waals surface area contributed by atoms with Crippen LogP contribution in [0.2, 0.25) is 5.02 Å². The van der Waals surface area contributed by atoms with Gasteiger partial charge in [-0.3, -0.25) is 4.79 Å². The maximum Gasteiger partial charge on any atom is 0.231 e. The van der Waals surface area contributed by atoms with Crippen LogP contribution < -0.4 is 14.8 Å². The van der Waals surface area contributed by atoms with Gasteiger partial charge in [-0.25, -0.2) is 0 Å². The second kappa shape index (κ2) is 7.81. The largest absolute Gasteiger partial charge is 0.454 e. The molecule has 1 aliphatic heterocycles. The molecule has 0 unspecified atom stereocenters. The summed E-state index contributed by atoms with van der Waals surface area (Å²) in [7, 11) is 0. The molecule has 4 nitrogen and oxygen atoms in total. The van der Waals surface area contributed by atoms with Crippen molar-refractivity contribution in [3.8, 4) is 11.5 Å². The summed E-state index contributed by atoms with van der Waals surface area (Å²) in [6.45, 7) is 2.24. The number of halogens is 1. The number of ether oxygens (including phenoxy) is 2. The molecule has 0 saturated heterocycles. The average molecular weight is 364 g/mol. The molecule has 1 aliphatic rings. The van der Waals surface area contributed by atoms with E-state index in [0.717, 1.165) is 28.4 Å². The number of hydrogen-bond donors (Lipinski definition) is 1. The standard InChI is InChI=1S/C18H18ClNO3S/c1-12(14-3-5-15(19)6-4-14)20-18(21)10-24-9-13-2-7-16-17(8-13)23-11-22-16/h2-8,12H,9-11H2,1H3,(H,20,21)/t12-/m1/s1. The van der Waals surface area contributed by atoms with Crippen LogP contribution in [0.4, 0.5) is 0 Å². The molecule has 1 atom stereocenters. The number of amides is 1. The van der Waals surface area contributed by atoms with Crippen LogP contribution in [-0.4, -0.2) is 18.5 Å². The molecule has 126 valence electrons. The van der Waals surface area contributed by atoms with Crippen molar-refractivity contribution in [2.24, 2.45) is 0 Å². The third-order valence-corrected chi connectivity index (χ3v) is 4.94. The van der Waals surface area contributed by atoms with Gasteiger partial charge in [-0.05, 0) is 42.3 Å². The summed E-state index contributed by atoms with van der Waals surface area (Å²) in [6, 6.07) is 13.3. The lowest BCUT2D eigenvalue weighted by atomic mass is 10.1. The van der Waals surface area contributed by atoms with Crippen LogP contribution in [0.15, 0.2) is 42.5 Å². The lowest BCUT2D eigenvalue weighted by Crippen LogP contribution is -2.28. The first-order valence-electron chi connectivity index (χ1n) is 7.63. The molecule has 0 saturated carbocycles. The molecule has 0 aliphatic carbocycles. The van der Waals surface area contributed by atoms with E-state index in [9.17, 15) is 4.79 Å². The number of fused-ring (bicyclic) bond motifs is 1. The summed E-state index contributed by atoms with van der Waals surface area (Å²) < 4.78 is 10.6. The highest BCUT2D eigenvalue weighted by Gasteiger charge is 2.14. The summed E-state index contributed by atoms with van der Waals surface area (Å²) in [5, 5.41) is 3.69. The minimum absolute atomic E-state index is 0.0168. The van der Waals surface area contributed by atoms with E-state index in [4.69, 9.17) is 21.1 Å². The zero-order chi connectivity index (χ0) is 16.9. The predicted molar refractivity (Wildman–Crippen MR) is 96.7 cm³/mol. The van der Waals surface area contributed by atoms with Crippen molar-refractivity contribution < 1.29 is 14.3 Å². The lowest BCUT2D eigenvalue weighted by Gasteiger charge is -2.14. The molecule has 1 heterocycles. The van der Waals surface area contributed by atoms with Gasteiger partial charge in [0.05, 0.1) is 11.8 Å². The first-order valence-corrected chi connectivity index (χ1v) is 9.16. The Morgan fingerprint density at radius 1 is 1.21 bits per heavy atom. The minimum Gasteiger partial charge on any atom is -0.454 e. The zero-order valence-electron chi connectivity index (χ0n) is 13.3. The van der Waals surface area contributed by atoms with E-state index < -0.39 is 0 Å². The van der Waals surface area contributed by atoms with E-state index in [2.05, 4.69) is 5.32 Å². The highest BCUT2D eigenvalue weighted by atomic mass is 35.5. The summed E-state index contributed by atoms with van der Waals surface area (Å²) in [6.07, 6.45) is 0. The van der Waals surface area contributed by atoms with Crippen molar-refractivity contribution in [3.63, 3.8) is 0 Å². The second-order valence-corrected chi connectivity index (χ2v) is 6.94. The van der Waals surface area contributed by atoms with Crippen LogP contribution in [-0.2, 0) is 10.5 Å². The van der Waals surface area contributed by atoms with Crippen molar-refractivity contribution in [2.45, 2.75) is 18.7 Å². The van der Waals surface area contributed by atoms with Gasteiger partial charge in [-0.15, -0.1) is 11.8 Å². The number of rotatable bonds is 6. The molecule has 0 radical (unpaired) electrons. The van der Waals surface area contributed by atoms with Gasteiger partial charge < -0.3 is 14.8 Å². The molecule has 1 N–H and O–H groups in total. The van der Waals surface area contributed by atoms with E-state index in [1.54, 1.807) is 11.8 Å². The number of thioether (sulfide) groups is 1. The SMILES string of the molecule is C[C@@H](NC(=O)CSCc1ccc2c(c1)OCO2)c1ccc(Cl)cc1. The number of benzene rings is 2. The summed E-state index contributed by atoms with van der Waals surface area (Å²) in [4.78, 5) is 12.1. The fourth-order valence-corrected chi connectivity index (χ4v) is 3.32. The van der Waals surface area contributed by atoms with Crippen LogP contribution >= 0.6 is 23.4 Å². The van der Waals surface area contributed by atoms with Gasteiger partial charge in [0.15, 0.2) is 11.5 Å². The molecule has 2 aromatic carbocycles. The van der Waals surface area contributed by atoms with Gasteiger partial charge in [0.25, 0.3) is 0 Å². The quantitative estimate of drug-likeness (QED) is 0.836. The summed E-state index contributed by atoms with van der Waals surface area (Å²) >= 11 is 7.45. The first-order chi connectivity index (χ1) is 11.6. The lowest BCUT2D eigenvalue weighted by molar-refractivity contribution is -0.119. The van der Waals surface area contributed by atoms with Crippen LogP contribution in [0.5, 0.6) is 11.5 Å². The smallest absolute Gasteiger partial charge is 0.231 e. The maximum absolute atomic E-state index is 12.1. The Labute approximate surface area is 150 Å². The molecule has 0 fully saturated rings. The highest BCUT2D eigenvalue weighted by molar-refractivity contribution is 7.99. The predicted octanol–water partition coefficient (Wildman–Crippen LogP) is 4.18. The Bertz CT molecular complexity index is 721. The van der Waals surface area contributed by atoms with E-state index in [-0.39, 0.29) is 18.7 Å². The van der Waals surface area contributed by atoms with Gasteiger partial charge in [0, 0.05) is 10.8 Å². The van der Waals surface area contributed by atoms with Crippen LogP contribution in [0.3, 0.4) is 0 Å². The van der Waals surface area contributed by atoms with Crippen molar-refractivity contribution in [3.05, 3.63) is 58.6 Å². The second-order valence-electron chi connectivity index (χ2n) is 5.52. The number of nitrogens with one attached hydrogen (secondary N) is 1. The van der Waals surface area contributed by atoms with Gasteiger partial charge in [0.1, 0.15) is 0 Å². The van der Waals surface area contributed by atoms with Crippen LogP contribution in [0.25, 0.3) is 0 Å². The fraction of sp³-hybridized carbons (Fsp3) is 0.278. The zero-order valence-corrected chi connectivity index (χ0v) is 14.8. The van der Waals surface area contributed by atoms with Crippen LogP contribution in [0.1, 0.15) is 24.1 Å². The van der Waals surface area contributed by atoms with Gasteiger partial charge >= 0.3 is 0 Å². The maximum atomic E-state index is 12.1. The summed E-state index contributed by atoms with van der Waals surface area (Å²) in [5.74, 6) is 2.72. The average Bonchev–Trinajstić information content (AvgIpc) is 3.03. The van der Waals surface area contributed by atoms with Crippen molar-refractivity contribution in [1.82, 2.24) is 5.32 Å². The highest BCUT2D eigenvalue weighted by Crippen LogP contribution is 2.33. The first kappa shape index (κ1) is 17.0. The van der Waals surface area contributed by atoms with Gasteiger partial charge in [-0.1, -0.05) is 29.8 Å². The monoisotopic (exact) mass is 363 g/mol. The normalized spacial score (nSPS) is 13.6. The van der Waals surface area contributed by atoms with Crippen LogP contribution in [0, 0.1) is 0 Å². The fourth-order valence-electron chi connectivity index (χ4n) is 2.41. The van der Waals surface area contributed by atoms with E-state index in [1.807, 2.05) is 49.4 Å². The molecular weight excluding hydrogens is 346 g/mol. The van der Waals surface area contributed by atoms with E-state index in [0.29, 0.717) is 10.8 Å². The molecule has 6 heteroatoms. The molecule has 2 aromatic rings. The van der Waals surface area contributed by atoms with Crippen molar-refractivity contribution in [2.75, 3.05) is 12.5 Å². The van der Waals surface area contributed by atoms with Crippen molar-refractivity contribution in [1.29, 1.82) is 0 Å². The molecule has 0 bridgehead atoms. The molecule has 0 spiro atoms. The number of carbonyl (C=O) groups is 1. The Balaban J connectivity index is 1.44. The minimum atomic E-state index is -0.0408. The Morgan fingerprint density at radius 2 is 1.96 bits per heavy atom. The van der Waals surface area contributed by atoms with Crippen molar-refractivity contribution >= 4 is 29.3 Å². The van der Waals surface area contributed by atoms with E-state index >= 15 is 0 Å². The third-order valence-electron chi connectivity index (χ3n) is 3.69. The Hall–Kier alpha value is -1.85. The molecule has 1 amide bonds. The molecule has 0 aromatic heterocycles. The number of hydrogen-bond acceptors (Lipinski definition) is 4. The molecule has 3 rings (SSSR count).